The number of nitrogens with zero attached hydrogens (tertiary/aromatic N) is 1. The molecule has 1 heterocycles. The number of hydrogen-bond donors (Lipinski definition) is 0. The summed E-state index contributed by atoms with van der Waals surface area (Å²) >= 11 is 15.3. The highest BCUT2D eigenvalue weighted by Gasteiger charge is 2.19. The molecule has 25 heavy (non-hydrogen) atoms. The van der Waals surface area contributed by atoms with Crippen LogP contribution in [0.2, 0.25) is 5.02 Å². The topological polar surface area (TPSA) is 21.7 Å². The summed E-state index contributed by atoms with van der Waals surface area (Å²) in [6, 6.07) is 11.6. The van der Waals surface area contributed by atoms with Gasteiger partial charge >= 0.3 is 0 Å². The molecule has 0 amide bonds. The van der Waals surface area contributed by atoms with Crippen LogP contribution in [0, 0.1) is 0 Å². The van der Waals surface area contributed by atoms with Crippen molar-refractivity contribution in [1.29, 1.82) is 0 Å². The monoisotopic (exact) mass is 439 g/mol. The van der Waals surface area contributed by atoms with E-state index in [1.54, 1.807) is 7.11 Å². The molecule has 2 aromatic rings. The molecular weight excluding hydrogens is 422 g/mol. The van der Waals surface area contributed by atoms with Crippen molar-refractivity contribution in [3.05, 3.63) is 57.0 Å². The summed E-state index contributed by atoms with van der Waals surface area (Å²) in [6.07, 6.45) is 2.39. The van der Waals surface area contributed by atoms with Crippen LogP contribution in [0.3, 0.4) is 0 Å². The van der Waals surface area contributed by atoms with Gasteiger partial charge in [-0.2, -0.15) is 0 Å². The van der Waals surface area contributed by atoms with Crippen LogP contribution in [0.1, 0.15) is 24.0 Å². The van der Waals surface area contributed by atoms with Gasteiger partial charge in [-0.3, -0.25) is 0 Å². The molecule has 0 bridgehead atoms. The van der Waals surface area contributed by atoms with Gasteiger partial charge in [0.05, 0.1) is 11.6 Å². The molecule has 3 rings (SSSR count). The second-order valence-corrected chi connectivity index (χ2v) is 7.58. The number of methoxy groups -OCH3 is 1. The quantitative estimate of drug-likeness (QED) is 0.575. The summed E-state index contributed by atoms with van der Waals surface area (Å²) in [5.74, 6) is 1.32. The number of likely N-dealkylation sites (tertiary alicyclic amines) is 1. The average Bonchev–Trinajstić information content (AvgIpc) is 3.14. The first-order valence-electron chi connectivity index (χ1n) is 8.12. The van der Waals surface area contributed by atoms with Gasteiger partial charge in [-0.1, -0.05) is 36.0 Å². The Morgan fingerprint density at radius 2 is 2.00 bits per heavy atom. The lowest BCUT2D eigenvalue weighted by Crippen LogP contribution is -2.26. The molecule has 6 heteroatoms. The van der Waals surface area contributed by atoms with Crippen molar-refractivity contribution in [3.8, 4) is 11.5 Å². The van der Waals surface area contributed by atoms with Crippen LogP contribution in [-0.2, 0) is 6.61 Å². The molecule has 132 valence electrons. The van der Waals surface area contributed by atoms with E-state index in [0.717, 1.165) is 33.7 Å². The lowest BCUT2D eigenvalue weighted by molar-refractivity contribution is 0.282. The number of rotatable bonds is 5. The number of thiocarbonyl (C=S) groups is 1. The third kappa shape index (κ3) is 4.46. The lowest BCUT2D eigenvalue weighted by Gasteiger charge is -2.20. The predicted molar refractivity (Wildman–Crippen MR) is 109 cm³/mol. The molecule has 1 saturated heterocycles. The maximum absolute atomic E-state index is 6.03. The second-order valence-electron chi connectivity index (χ2n) is 5.91. The Bertz CT molecular complexity index is 778. The smallest absolute Gasteiger partial charge is 0.175 e. The Hall–Kier alpha value is -1.30. The van der Waals surface area contributed by atoms with Crippen LogP contribution < -0.4 is 9.47 Å². The maximum atomic E-state index is 6.03. The Balaban J connectivity index is 1.80. The van der Waals surface area contributed by atoms with E-state index in [-0.39, 0.29) is 0 Å². The van der Waals surface area contributed by atoms with Crippen LogP contribution in [0.25, 0.3) is 0 Å². The highest BCUT2D eigenvalue weighted by Crippen LogP contribution is 2.38. The maximum Gasteiger partial charge on any atom is 0.175 e. The van der Waals surface area contributed by atoms with Crippen molar-refractivity contribution < 1.29 is 9.47 Å². The van der Waals surface area contributed by atoms with Gasteiger partial charge in [-0.15, -0.1) is 0 Å². The molecule has 0 spiro atoms. The normalized spacial score (nSPS) is 13.8. The summed E-state index contributed by atoms with van der Waals surface area (Å²) < 4.78 is 12.3. The van der Waals surface area contributed by atoms with Gasteiger partial charge in [0.2, 0.25) is 0 Å². The molecule has 1 aliphatic heterocycles. The zero-order valence-electron chi connectivity index (χ0n) is 13.9. The number of ether oxygens (including phenoxy) is 2. The van der Waals surface area contributed by atoms with E-state index in [2.05, 4.69) is 20.8 Å². The Kier molecular flexibility index (Phi) is 6.20. The van der Waals surface area contributed by atoms with E-state index >= 15 is 0 Å². The molecule has 3 nitrogen and oxygen atoms in total. The zero-order chi connectivity index (χ0) is 17.8. The molecular formula is C19H19BrClNO2S. The third-order valence-corrected chi connectivity index (χ3v) is 5.46. The average molecular weight is 441 g/mol. The summed E-state index contributed by atoms with van der Waals surface area (Å²) in [7, 11) is 1.64. The number of halogens is 2. The zero-order valence-corrected chi connectivity index (χ0v) is 17.1. The van der Waals surface area contributed by atoms with E-state index in [1.807, 2.05) is 36.4 Å². The number of benzene rings is 2. The molecule has 1 aliphatic rings. The first kappa shape index (κ1) is 18.5. The van der Waals surface area contributed by atoms with Gasteiger partial charge in [-0.05, 0) is 58.6 Å². The van der Waals surface area contributed by atoms with Gasteiger partial charge < -0.3 is 14.4 Å². The first-order chi connectivity index (χ1) is 12.1. The van der Waals surface area contributed by atoms with Gasteiger partial charge in [0, 0.05) is 23.7 Å². The summed E-state index contributed by atoms with van der Waals surface area (Å²) in [4.78, 5) is 3.10. The van der Waals surface area contributed by atoms with Crippen molar-refractivity contribution >= 4 is 44.7 Å². The van der Waals surface area contributed by atoms with Crippen LogP contribution >= 0.6 is 39.7 Å². The molecule has 0 aromatic heterocycles. The standard InChI is InChI=1S/C19H19BrClNO2S/c1-23-17-11-14(19(25)22-7-2-3-8-22)10-16(20)18(17)24-12-13-5-4-6-15(21)9-13/h4-6,9-11H,2-3,7-8,12H2,1H3. The van der Waals surface area contributed by atoms with E-state index in [4.69, 9.17) is 33.3 Å². The fraction of sp³-hybridized carbons (Fsp3) is 0.316. The van der Waals surface area contributed by atoms with Crippen LogP contribution in [0.5, 0.6) is 11.5 Å². The highest BCUT2D eigenvalue weighted by atomic mass is 79.9. The van der Waals surface area contributed by atoms with Gasteiger partial charge in [0.1, 0.15) is 11.6 Å². The first-order valence-corrected chi connectivity index (χ1v) is 9.70. The van der Waals surface area contributed by atoms with Gasteiger partial charge in [-0.25, -0.2) is 0 Å². The molecule has 0 saturated carbocycles. The molecule has 1 fully saturated rings. The Labute approximate surface area is 167 Å². The minimum Gasteiger partial charge on any atom is -0.493 e. The minimum atomic E-state index is 0.408. The molecule has 0 aliphatic carbocycles. The van der Waals surface area contributed by atoms with E-state index in [1.165, 1.54) is 12.8 Å². The van der Waals surface area contributed by atoms with E-state index in [9.17, 15) is 0 Å². The van der Waals surface area contributed by atoms with Crippen molar-refractivity contribution in [2.75, 3.05) is 20.2 Å². The highest BCUT2D eigenvalue weighted by molar-refractivity contribution is 9.10. The van der Waals surface area contributed by atoms with Crippen LogP contribution in [0.15, 0.2) is 40.9 Å². The fourth-order valence-corrected chi connectivity index (χ4v) is 3.94. The van der Waals surface area contributed by atoms with E-state index < -0.39 is 0 Å². The molecule has 2 aromatic carbocycles. The fourth-order valence-electron chi connectivity index (χ4n) is 2.87. The SMILES string of the molecule is COc1cc(C(=S)N2CCCC2)cc(Br)c1OCc1cccc(Cl)c1. The molecule has 0 radical (unpaired) electrons. The summed E-state index contributed by atoms with van der Waals surface area (Å²) in [6.45, 7) is 2.45. The lowest BCUT2D eigenvalue weighted by atomic mass is 10.2. The Morgan fingerprint density at radius 1 is 1.24 bits per heavy atom. The van der Waals surface area contributed by atoms with E-state index in [0.29, 0.717) is 23.1 Å². The molecule has 0 N–H and O–H groups in total. The van der Waals surface area contributed by atoms with Crippen molar-refractivity contribution in [2.45, 2.75) is 19.4 Å². The Morgan fingerprint density at radius 3 is 2.68 bits per heavy atom. The van der Waals surface area contributed by atoms with Crippen LogP contribution in [0.4, 0.5) is 0 Å². The van der Waals surface area contributed by atoms with Crippen LogP contribution in [-0.4, -0.2) is 30.1 Å². The van der Waals surface area contributed by atoms with Crippen molar-refractivity contribution in [3.63, 3.8) is 0 Å². The second kappa shape index (κ2) is 8.39. The summed E-state index contributed by atoms with van der Waals surface area (Å²) in [5.41, 5.74) is 1.97. The van der Waals surface area contributed by atoms with Crippen molar-refractivity contribution in [2.24, 2.45) is 0 Å². The predicted octanol–water partition coefficient (Wildman–Crippen LogP) is 5.46. The molecule has 0 atom stereocenters. The number of hydrogen-bond acceptors (Lipinski definition) is 3. The van der Waals surface area contributed by atoms with Gasteiger partial charge in [0.25, 0.3) is 0 Å². The molecule has 0 unspecified atom stereocenters. The van der Waals surface area contributed by atoms with Gasteiger partial charge in [0.15, 0.2) is 11.5 Å². The summed E-state index contributed by atoms with van der Waals surface area (Å²) in [5, 5.41) is 0.693. The van der Waals surface area contributed by atoms with Crippen molar-refractivity contribution in [1.82, 2.24) is 4.90 Å². The third-order valence-electron chi connectivity index (χ3n) is 4.14. The largest absolute Gasteiger partial charge is 0.493 e. The minimum absolute atomic E-state index is 0.408.